The summed E-state index contributed by atoms with van der Waals surface area (Å²) in [6.07, 6.45) is 3.80. The Balaban J connectivity index is 4.35. The van der Waals surface area contributed by atoms with E-state index in [1.807, 2.05) is 26.0 Å². The van der Waals surface area contributed by atoms with E-state index in [1.165, 1.54) is 0 Å². The predicted molar refractivity (Wildman–Crippen MR) is 53.3 cm³/mol. The van der Waals surface area contributed by atoms with E-state index in [0.29, 0.717) is 0 Å². The fraction of sp³-hybridized carbons (Fsp3) is 0.600. The monoisotopic (exact) mass is 220 g/mol. The molecular formula is C10H20O2Ti. The van der Waals surface area contributed by atoms with Crippen molar-refractivity contribution < 1.29 is 24.0 Å². The van der Waals surface area contributed by atoms with E-state index >= 15 is 0 Å². The molecule has 0 atom stereocenters. The van der Waals surface area contributed by atoms with Gasteiger partial charge in [0.15, 0.2) is 0 Å². The van der Waals surface area contributed by atoms with Gasteiger partial charge in [0.1, 0.15) is 0 Å². The number of rotatable bonds is 8. The third-order valence-corrected chi connectivity index (χ3v) is 7.11. The van der Waals surface area contributed by atoms with Crippen LogP contribution in [0.15, 0.2) is 25.3 Å². The van der Waals surface area contributed by atoms with Gasteiger partial charge in [-0.1, -0.05) is 0 Å². The standard InChI is InChI=1S/2C3H5.2C2H5O.Ti/c2*1-3-2;2*1-2-3;/h2*3H,1-2H2;2*2H2,1H3;/q;;2*-1;+2. The molecule has 0 heterocycles. The van der Waals surface area contributed by atoms with Crippen LogP contribution < -0.4 is 0 Å². The molecule has 0 saturated carbocycles. The van der Waals surface area contributed by atoms with Crippen LogP contribution in [-0.4, -0.2) is 13.2 Å². The van der Waals surface area contributed by atoms with Gasteiger partial charge in [-0.05, 0) is 0 Å². The first-order chi connectivity index (χ1) is 6.24. The number of hydrogen-bond acceptors (Lipinski definition) is 2. The first-order valence-corrected chi connectivity index (χ1v) is 8.22. The Morgan fingerprint density at radius 2 is 1.38 bits per heavy atom. The number of hydrogen-bond donors (Lipinski definition) is 0. The summed E-state index contributed by atoms with van der Waals surface area (Å²) in [5, 5.41) is 0. The second-order valence-electron chi connectivity index (χ2n) is 2.76. The van der Waals surface area contributed by atoms with Crippen LogP contribution in [0.2, 0.25) is 9.45 Å². The Bertz CT molecular complexity index is 139. The van der Waals surface area contributed by atoms with Gasteiger partial charge in [0.25, 0.3) is 0 Å². The Labute approximate surface area is 85.9 Å². The molecule has 0 saturated heterocycles. The maximum atomic E-state index is 5.77. The summed E-state index contributed by atoms with van der Waals surface area (Å²) in [7, 11) is 0. The first kappa shape index (κ1) is 13.1. The molecule has 3 heteroatoms. The summed E-state index contributed by atoms with van der Waals surface area (Å²) in [5.74, 6) is 0. The van der Waals surface area contributed by atoms with Crippen molar-refractivity contribution in [3.63, 3.8) is 0 Å². The van der Waals surface area contributed by atoms with Crippen LogP contribution >= 0.6 is 0 Å². The van der Waals surface area contributed by atoms with Crippen molar-refractivity contribution in [1.82, 2.24) is 0 Å². The molecule has 0 N–H and O–H groups in total. The van der Waals surface area contributed by atoms with E-state index < -0.39 is 17.4 Å². The Morgan fingerprint density at radius 1 is 1.00 bits per heavy atom. The van der Waals surface area contributed by atoms with Gasteiger partial charge < -0.3 is 0 Å². The van der Waals surface area contributed by atoms with Gasteiger partial charge >= 0.3 is 85.8 Å². The van der Waals surface area contributed by atoms with Crippen LogP contribution in [0, 0.1) is 0 Å². The Hall–Kier alpha value is 0.114. The molecule has 13 heavy (non-hydrogen) atoms. The minimum atomic E-state index is -2.56. The van der Waals surface area contributed by atoms with E-state index in [2.05, 4.69) is 13.2 Å². The summed E-state index contributed by atoms with van der Waals surface area (Å²) in [6, 6.07) is 0. The van der Waals surface area contributed by atoms with Crippen molar-refractivity contribution >= 4 is 0 Å². The molecule has 0 unspecified atom stereocenters. The zero-order valence-electron chi connectivity index (χ0n) is 8.71. The van der Waals surface area contributed by atoms with Gasteiger partial charge in [-0.25, -0.2) is 0 Å². The van der Waals surface area contributed by atoms with Crippen molar-refractivity contribution in [1.29, 1.82) is 0 Å². The summed E-state index contributed by atoms with van der Waals surface area (Å²) in [4.78, 5) is 0. The third-order valence-electron chi connectivity index (χ3n) is 1.73. The average Bonchev–Trinajstić information content (AvgIpc) is 2.06. The summed E-state index contributed by atoms with van der Waals surface area (Å²) >= 11 is -2.56. The molecule has 0 rings (SSSR count). The van der Waals surface area contributed by atoms with Crippen molar-refractivity contribution in [2.75, 3.05) is 13.2 Å². The molecule has 0 fully saturated rings. The molecule has 2 nitrogen and oxygen atoms in total. The Morgan fingerprint density at radius 3 is 1.62 bits per heavy atom. The molecule has 0 bridgehead atoms. The first-order valence-electron chi connectivity index (χ1n) is 4.74. The zero-order valence-corrected chi connectivity index (χ0v) is 10.3. The van der Waals surface area contributed by atoms with Gasteiger partial charge in [0.05, 0.1) is 0 Å². The fourth-order valence-electron chi connectivity index (χ4n) is 1.33. The SMILES string of the molecule is C=C[CH2][Ti]([CH2]C=C)([O]CC)[O]CC. The van der Waals surface area contributed by atoms with E-state index in [1.54, 1.807) is 0 Å². The quantitative estimate of drug-likeness (QED) is 0.461. The van der Waals surface area contributed by atoms with Gasteiger partial charge in [0, 0.05) is 0 Å². The molecule has 0 aliphatic heterocycles. The molecule has 0 aromatic rings. The van der Waals surface area contributed by atoms with Crippen LogP contribution in [0.5, 0.6) is 0 Å². The van der Waals surface area contributed by atoms with Crippen molar-refractivity contribution in [3.05, 3.63) is 25.3 Å². The predicted octanol–water partition coefficient (Wildman–Crippen LogP) is 3.25. The Kier molecular flexibility index (Phi) is 7.58. The van der Waals surface area contributed by atoms with Gasteiger partial charge in [-0.3, -0.25) is 0 Å². The summed E-state index contributed by atoms with van der Waals surface area (Å²) in [5.41, 5.74) is 0. The fourth-order valence-corrected chi connectivity index (χ4v) is 5.47. The van der Waals surface area contributed by atoms with Crippen molar-refractivity contribution in [3.8, 4) is 0 Å². The number of allylic oxidation sites excluding steroid dienone is 2. The van der Waals surface area contributed by atoms with Crippen molar-refractivity contribution in [2.45, 2.75) is 23.3 Å². The molecule has 0 aromatic carbocycles. The van der Waals surface area contributed by atoms with E-state index in [4.69, 9.17) is 6.64 Å². The van der Waals surface area contributed by atoms with E-state index in [-0.39, 0.29) is 0 Å². The molecule has 76 valence electrons. The molecule has 0 spiro atoms. The third kappa shape index (κ3) is 4.77. The van der Waals surface area contributed by atoms with Crippen LogP contribution in [0.1, 0.15) is 13.8 Å². The second-order valence-corrected chi connectivity index (χ2v) is 7.78. The zero-order chi connectivity index (χ0) is 10.2. The molecule has 0 amide bonds. The molecule has 0 radical (unpaired) electrons. The molecule has 0 aliphatic rings. The summed E-state index contributed by atoms with van der Waals surface area (Å²) in [6.45, 7) is 12.9. The second kappa shape index (κ2) is 7.51. The molecule has 0 aromatic heterocycles. The van der Waals surface area contributed by atoms with Crippen LogP contribution in [0.4, 0.5) is 0 Å². The van der Waals surface area contributed by atoms with Crippen LogP contribution in [0.25, 0.3) is 0 Å². The maximum absolute atomic E-state index is 5.77. The van der Waals surface area contributed by atoms with Gasteiger partial charge in [-0.2, -0.15) is 0 Å². The topological polar surface area (TPSA) is 18.5 Å². The van der Waals surface area contributed by atoms with E-state index in [9.17, 15) is 0 Å². The van der Waals surface area contributed by atoms with Gasteiger partial charge in [-0.15, -0.1) is 0 Å². The average molecular weight is 220 g/mol. The van der Waals surface area contributed by atoms with Crippen LogP contribution in [0.3, 0.4) is 0 Å². The summed E-state index contributed by atoms with van der Waals surface area (Å²) < 4.78 is 13.3. The molecule has 0 aliphatic carbocycles. The van der Waals surface area contributed by atoms with Gasteiger partial charge in [0.2, 0.25) is 0 Å². The molecular weight excluding hydrogens is 200 g/mol. The van der Waals surface area contributed by atoms with Crippen molar-refractivity contribution in [2.24, 2.45) is 0 Å². The minimum absolute atomic E-state index is 0.724. The van der Waals surface area contributed by atoms with Crippen LogP contribution in [-0.2, 0) is 24.0 Å². The van der Waals surface area contributed by atoms with E-state index in [0.717, 1.165) is 22.7 Å². The normalized spacial score (nSPS) is 11.2.